The summed E-state index contributed by atoms with van der Waals surface area (Å²) in [6.45, 7) is 2.22. The lowest BCUT2D eigenvalue weighted by Gasteiger charge is -2.12. The van der Waals surface area contributed by atoms with E-state index < -0.39 is 5.97 Å². The monoisotopic (exact) mass is 391 g/mol. The van der Waals surface area contributed by atoms with Crippen molar-refractivity contribution >= 4 is 35.0 Å². The van der Waals surface area contributed by atoms with E-state index in [0.29, 0.717) is 34.5 Å². The summed E-state index contributed by atoms with van der Waals surface area (Å²) in [5.74, 6) is 0.686. The number of carbonyl (C=O) groups is 1. The lowest BCUT2D eigenvalue weighted by atomic mass is 10.1. The van der Waals surface area contributed by atoms with E-state index in [1.54, 1.807) is 24.5 Å². The van der Waals surface area contributed by atoms with Crippen LogP contribution in [-0.4, -0.2) is 23.0 Å². The molecular formula is C18H15Cl2N3O3. The van der Waals surface area contributed by atoms with E-state index in [4.69, 9.17) is 32.4 Å². The van der Waals surface area contributed by atoms with Gasteiger partial charge in [-0.2, -0.15) is 0 Å². The summed E-state index contributed by atoms with van der Waals surface area (Å²) in [5, 5.41) is 3.77. The van der Waals surface area contributed by atoms with Gasteiger partial charge in [-0.3, -0.25) is 0 Å². The maximum Gasteiger partial charge on any atom is 0.358 e. The van der Waals surface area contributed by atoms with Crippen molar-refractivity contribution in [2.45, 2.75) is 13.5 Å². The second-order valence-electron chi connectivity index (χ2n) is 5.45. The van der Waals surface area contributed by atoms with Crippen molar-refractivity contribution in [3.63, 3.8) is 0 Å². The van der Waals surface area contributed by atoms with Crippen LogP contribution in [0.1, 0.15) is 21.8 Å². The van der Waals surface area contributed by atoms with Crippen LogP contribution in [0.25, 0.3) is 11.4 Å². The van der Waals surface area contributed by atoms with E-state index >= 15 is 0 Å². The van der Waals surface area contributed by atoms with Gasteiger partial charge in [0.1, 0.15) is 16.6 Å². The van der Waals surface area contributed by atoms with Crippen molar-refractivity contribution < 1.29 is 13.9 Å². The van der Waals surface area contributed by atoms with Gasteiger partial charge in [0.2, 0.25) is 0 Å². The van der Waals surface area contributed by atoms with Gasteiger partial charge in [-0.15, -0.1) is 0 Å². The molecule has 0 bridgehead atoms. The number of nitrogens with zero attached hydrogens (tertiary/aromatic N) is 2. The third-order valence-corrected chi connectivity index (χ3v) is 4.44. The minimum Gasteiger partial charge on any atom is -0.467 e. The van der Waals surface area contributed by atoms with E-state index in [2.05, 4.69) is 15.3 Å². The number of hydrogen-bond acceptors (Lipinski definition) is 6. The summed E-state index contributed by atoms with van der Waals surface area (Å²) in [5.41, 5.74) is 1.55. The van der Waals surface area contributed by atoms with Crippen LogP contribution in [0.15, 0.2) is 41.0 Å². The maximum absolute atomic E-state index is 12.1. The molecule has 2 aromatic heterocycles. The van der Waals surface area contributed by atoms with E-state index in [-0.39, 0.29) is 10.7 Å². The van der Waals surface area contributed by atoms with E-state index in [9.17, 15) is 4.79 Å². The Bertz CT molecular complexity index is 943. The Morgan fingerprint density at radius 2 is 2.08 bits per heavy atom. The second kappa shape index (κ2) is 7.76. The van der Waals surface area contributed by atoms with Crippen molar-refractivity contribution in [1.82, 2.24) is 9.97 Å². The van der Waals surface area contributed by atoms with Gasteiger partial charge in [-0.1, -0.05) is 23.2 Å². The number of aromatic nitrogens is 2. The summed E-state index contributed by atoms with van der Waals surface area (Å²) < 4.78 is 10.1. The summed E-state index contributed by atoms with van der Waals surface area (Å²) in [6.07, 6.45) is 1.57. The summed E-state index contributed by atoms with van der Waals surface area (Å²) in [6, 6.07) is 8.95. The van der Waals surface area contributed by atoms with E-state index in [1.807, 2.05) is 19.1 Å². The molecule has 3 rings (SSSR count). The predicted octanol–water partition coefficient (Wildman–Crippen LogP) is 4.75. The van der Waals surface area contributed by atoms with Crippen LogP contribution in [0.5, 0.6) is 0 Å². The molecule has 2 heterocycles. The molecule has 8 heteroatoms. The lowest BCUT2D eigenvalue weighted by Crippen LogP contribution is -2.11. The van der Waals surface area contributed by atoms with Crippen molar-refractivity contribution in [3.8, 4) is 11.4 Å². The number of rotatable bonds is 5. The third-order valence-electron chi connectivity index (χ3n) is 3.66. The standard InChI is InChI=1S/C18H15Cl2N3O3/c1-10-8-11(5-6-13(10)19)16-22-15(18(24)25-2)14(20)17(23-16)21-9-12-4-3-7-26-12/h3-8H,9H2,1-2H3,(H,21,22,23). The normalized spacial score (nSPS) is 10.6. The van der Waals surface area contributed by atoms with Crippen molar-refractivity contribution in [2.75, 3.05) is 12.4 Å². The number of furan rings is 1. The molecule has 0 aliphatic carbocycles. The summed E-state index contributed by atoms with van der Waals surface area (Å²) in [4.78, 5) is 20.8. The Labute approximate surface area is 160 Å². The first-order valence-corrected chi connectivity index (χ1v) is 8.44. The Hall–Kier alpha value is -2.57. The Morgan fingerprint density at radius 3 is 2.73 bits per heavy atom. The van der Waals surface area contributed by atoms with E-state index in [0.717, 1.165) is 5.56 Å². The predicted molar refractivity (Wildman–Crippen MR) is 99.6 cm³/mol. The minimum atomic E-state index is -0.648. The topological polar surface area (TPSA) is 77.2 Å². The molecule has 134 valence electrons. The Morgan fingerprint density at radius 1 is 1.27 bits per heavy atom. The van der Waals surface area contributed by atoms with Crippen molar-refractivity contribution in [2.24, 2.45) is 0 Å². The number of esters is 1. The number of anilines is 1. The lowest BCUT2D eigenvalue weighted by molar-refractivity contribution is 0.0594. The third kappa shape index (κ3) is 3.81. The first kappa shape index (κ1) is 18.2. The molecule has 3 aromatic rings. The number of nitrogens with one attached hydrogen (secondary N) is 1. The summed E-state index contributed by atoms with van der Waals surface area (Å²) in [7, 11) is 1.27. The molecule has 0 fully saturated rings. The smallest absolute Gasteiger partial charge is 0.358 e. The molecule has 0 atom stereocenters. The zero-order valence-electron chi connectivity index (χ0n) is 14.0. The number of carbonyl (C=O) groups excluding carboxylic acids is 1. The van der Waals surface area contributed by atoms with Gasteiger partial charge < -0.3 is 14.5 Å². The second-order valence-corrected chi connectivity index (χ2v) is 6.23. The fourth-order valence-electron chi connectivity index (χ4n) is 2.29. The molecule has 6 nitrogen and oxygen atoms in total. The number of benzene rings is 1. The SMILES string of the molecule is COC(=O)c1nc(-c2ccc(Cl)c(C)c2)nc(NCc2ccco2)c1Cl. The molecule has 0 spiro atoms. The molecule has 0 aliphatic rings. The zero-order valence-corrected chi connectivity index (χ0v) is 15.6. The van der Waals surface area contributed by atoms with Crippen LogP contribution in [0.2, 0.25) is 10.0 Å². The molecule has 0 aliphatic heterocycles. The average Bonchev–Trinajstić information content (AvgIpc) is 3.16. The number of ether oxygens (including phenoxy) is 1. The highest BCUT2D eigenvalue weighted by Gasteiger charge is 2.20. The molecule has 26 heavy (non-hydrogen) atoms. The largest absolute Gasteiger partial charge is 0.467 e. The molecule has 0 unspecified atom stereocenters. The Balaban J connectivity index is 2.04. The van der Waals surface area contributed by atoms with Crippen LogP contribution in [0, 0.1) is 6.92 Å². The molecule has 0 saturated heterocycles. The molecule has 1 N–H and O–H groups in total. The van der Waals surface area contributed by atoms with Crippen LogP contribution < -0.4 is 5.32 Å². The van der Waals surface area contributed by atoms with Crippen LogP contribution in [-0.2, 0) is 11.3 Å². The molecule has 0 radical (unpaired) electrons. The van der Waals surface area contributed by atoms with Crippen molar-refractivity contribution in [3.05, 3.63) is 63.7 Å². The fraction of sp³-hybridized carbons (Fsp3) is 0.167. The number of methoxy groups -OCH3 is 1. The Kier molecular flexibility index (Phi) is 5.44. The van der Waals surface area contributed by atoms with Gasteiger partial charge in [0, 0.05) is 10.6 Å². The van der Waals surface area contributed by atoms with Gasteiger partial charge in [0.05, 0.1) is 19.9 Å². The van der Waals surface area contributed by atoms with Crippen molar-refractivity contribution in [1.29, 1.82) is 0 Å². The molecule has 0 amide bonds. The van der Waals surface area contributed by atoms with Gasteiger partial charge in [0.25, 0.3) is 0 Å². The molecule has 1 aromatic carbocycles. The highest BCUT2D eigenvalue weighted by Crippen LogP contribution is 2.29. The number of hydrogen-bond donors (Lipinski definition) is 1. The number of aryl methyl sites for hydroxylation is 1. The number of halogens is 2. The first-order valence-electron chi connectivity index (χ1n) is 7.68. The van der Waals surface area contributed by atoms with Crippen LogP contribution in [0.3, 0.4) is 0 Å². The molecule has 0 saturated carbocycles. The minimum absolute atomic E-state index is 0.0197. The van der Waals surface area contributed by atoms with Gasteiger partial charge in [0.15, 0.2) is 11.5 Å². The average molecular weight is 392 g/mol. The highest BCUT2D eigenvalue weighted by molar-refractivity contribution is 6.35. The van der Waals surface area contributed by atoms with E-state index in [1.165, 1.54) is 7.11 Å². The zero-order chi connectivity index (χ0) is 18.7. The van der Waals surface area contributed by atoms with Gasteiger partial charge >= 0.3 is 5.97 Å². The fourth-order valence-corrected chi connectivity index (χ4v) is 2.64. The van der Waals surface area contributed by atoms with Gasteiger partial charge in [-0.05, 0) is 42.8 Å². The maximum atomic E-state index is 12.1. The highest BCUT2D eigenvalue weighted by atomic mass is 35.5. The van der Waals surface area contributed by atoms with Gasteiger partial charge in [-0.25, -0.2) is 14.8 Å². The summed E-state index contributed by atoms with van der Waals surface area (Å²) >= 11 is 12.4. The first-order chi connectivity index (χ1) is 12.5. The quantitative estimate of drug-likeness (QED) is 0.632. The molecular weight excluding hydrogens is 377 g/mol. The van der Waals surface area contributed by atoms with Crippen LogP contribution >= 0.6 is 23.2 Å². The van der Waals surface area contributed by atoms with Crippen LogP contribution in [0.4, 0.5) is 5.82 Å².